The highest BCUT2D eigenvalue weighted by Crippen LogP contribution is 2.73. The number of methoxy groups -OCH3 is 1. The molecule has 1 aliphatic heterocycles. The van der Waals surface area contributed by atoms with Crippen molar-refractivity contribution in [3.8, 4) is 0 Å². The van der Waals surface area contributed by atoms with Crippen molar-refractivity contribution in [3.63, 3.8) is 0 Å². The topological polar surface area (TPSA) is 99.1 Å². The Kier molecular flexibility index (Phi) is 14.8. The molecule has 6 atom stereocenters. The van der Waals surface area contributed by atoms with Gasteiger partial charge in [0, 0.05) is 28.1 Å². The number of benzene rings is 1. The molecule has 8 nitrogen and oxygen atoms in total. The Bertz CT molecular complexity index is 1570. The molecule has 2 rings (SSSR count). The Labute approximate surface area is 327 Å². The average molecular weight is 807 g/mol. The lowest BCUT2D eigenvalue weighted by molar-refractivity contribution is -0.374. The van der Waals surface area contributed by atoms with E-state index in [0.717, 1.165) is 12.5 Å². The normalized spacial score (nSPS) is 19.5. The first kappa shape index (κ1) is 48.5. The van der Waals surface area contributed by atoms with Crippen LogP contribution in [0.5, 0.6) is 0 Å². The van der Waals surface area contributed by atoms with Crippen LogP contribution < -0.4 is 0 Å². The van der Waals surface area contributed by atoms with Crippen LogP contribution in [-0.4, -0.2) is 73.4 Å². The molecule has 0 radical (unpaired) electrons. The Balaban J connectivity index is 3.02. The molecule has 1 heterocycles. The molecule has 0 aliphatic carbocycles. The van der Waals surface area contributed by atoms with E-state index in [-0.39, 0.29) is 54.7 Å². The number of aliphatic hydroxyl groups is 2. The number of ether oxygens (including phenoxy) is 6. The van der Waals surface area contributed by atoms with E-state index in [2.05, 4.69) is 32.9 Å². The summed E-state index contributed by atoms with van der Waals surface area (Å²) in [6.45, 7) is 36.3. The minimum absolute atomic E-state index is 0.0151. The summed E-state index contributed by atoms with van der Waals surface area (Å²) in [5, 5.41) is 20.3. The van der Waals surface area contributed by atoms with Gasteiger partial charge in [-0.3, -0.25) is 0 Å². The third-order valence-electron chi connectivity index (χ3n) is 12.3. The van der Waals surface area contributed by atoms with E-state index < -0.39 is 63.7 Å². The molecule has 1 aromatic carbocycles. The molecule has 1 aromatic rings. The van der Waals surface area contributed by atoms with Crippen molar-refractivity contribution < 1.29 is 65.0 Å². The Morgan fingerprint density at radius 1 is 0.732 bits per heavy atom. The zero-order valence-electron chi connectivity index (χ0n) is 34.3. The van der Waals surface area contributed by atoms with Crippen molar-refractivity contribution in [2.24, 2.45) is 27.1 Å². The maximum Gasteiger partial charge on any atom is 0.426 e. The highest BCUT2D eigenvalue weighted by Gasteiger charge is 2.73. The second kappa shape index (κ2) is 17.1. The van der Waals surface area contributed by atoms with Gasteiger partial charge in [-0.15, -0.1) is 0 Å². The lowest BCUT2D eigenvalue weighted by Gasteiger charge is -2.65. The molecule has 0 saturated carbocycles. The van der Waals surface area contributed by atoms with E-state index in [1.165, 1.54) is 14.0 Å². The Morgan fingerprint density at radius 2 is 1.18 bits per heavy atom. The maximum atomic E-state index is 13.8. The molecule has 6 unspecified atom stereocenters. The van der Waals surface area contributed by atoms with Gasteiger partial charge < -0.3 is 38.6 Å². The summed E-state index contributed by atoms with van der Waals surface area (Å²) in [5.74, 6) is 0.251. The van der Waals surface area contributed by atoms with E-state index in [1.54, 1.807) is 27.7 Å². The van der Waals surface area contributed by atoms with Crippen molar-refractivity contribution in [1.29, 1.82) is 0 Å². The van der Waals surface area contributed by atoms with Gasteiger partial charge in [0.25, 0.3) is 5.60 Å². The number of aliphatic hydroxyl groups excluding tert-OH is 1. The number of rotatable bonds is 23. The predicted molar refractivity (Wildman–Crippen MR) is 201 cm³/mol. The fourth-order valence-corrected chi connectivity index (χ4v) is 7.37. The third-order valence-corrected chi connectivity index (χ3v) is 12.3. The second-order valence-corrected chi connectivity index (χ2v) is 16.1. The van der Waals surface area contributed by atoms with Crippen LogP contribution in [0.1, 0.15) is 74.3 Å². The standard InChI is InChI=1S/C42H60F6O8/c1-26(49)22-52-30(5)38(13,36(10,11)29(4)56-27(2)21-40(50,41(43,44)45)42(46,47)48)39(14,32(7)54-24-34-25-55-34)37(12,35(8,9)28(3)51-15)31(6)53-23-33-19-17-16-18-20-33/h16-20,26-27,34,49-50H,3-7,21-25H2,1-2,8-15H3. The SMILES string of the molecule is C=C(OC)C(C)(C)C(C)(C(=C)OCc1ccccc1)C(C)(C(=C)OCC1CO1)C(C)(C(=C)OCC(C)O)C(C)(C)C(=C)OC(C)CC(O)(C(F)(F)F)C(F)(F)F. The van der Waals surface area contributed by atoms with E-state index in [9.17, 15) is 36.6 Å². The monoisotopic (exact) mass is 806 g/mol. The fourth-order valence-electron chi connectivity index (χ4n) is 7.37. The van der Waals surface area contributed by atoms with Crippen molar-refractivity contribution in [2.75, 3.05) is 26.9 Å². The van der Waals surface area contributed by atoms with E-state index in [0.29, 0.717) is 6.61 Å². The molecule has 1 saturated heterocycles. The van der Waals surface area contributed by atoms with E-state index in [4.69, 9.17) is 28.4 Å². The summed E-state index contributed by atoms with van der Waals surface area (Å²) in [6, 6.07) is 9.26. The van der Waals surface area contributed by atoms with Gasteiger partial charge in [0.15, 0.2) is 0 Å². The highest BCUT2D eigenvalue weighted by atomic mass is 19.4. The van der Waals surface area contributed by atoms with Crippen LogP contribution in [0, 0.1) is 27.1 Å². The smallest absolute Gasteiger partial charge is 0.426 e. The molecule has 14 heteroatoms. The average Bonchev–Trinajstić information content (AvgIpc) is 3.93. The molecule has 0 amide bonds. The molecular weight excluding hydrogens is 746 g/mol. The summed E-state index contributed by atoms with van der Waals surface area (Å²) in [4.78, 5) is 0. The molecule has 1 fully saturated rings. The summed E-state index contributed by atoms with van der Waals surface area (Å²) in [7, 11) is 1.44. The first-order valence-electron chi connectivity index (χ1n) is 18.1. The van der Waals surface area contributed by atoms with Gasteiger partial charge in [0.05, 0.1) is 60.1 Å². The third kappa shape index (κ3) is 8.92. The van der Waals surface area contributed by atoms with Crippen LogP contribution in [0.2, 0.25) is 0 Å². The predicted octanol–water partition coefficient (Wildman–Crippen LogP) is 9.95. The molecule has 318 valence electrons. The first-order valence-corrected chi connectivity index (χ1v) is 18.1. The lowest BCUT2D eigenvalue weighted by atomic mass is 9.39. The molecule has 56 heavy (non-hydrogen) atoms. The van der Waals surface area contributed by atoms with Crippen molar-refractivity contribution in [3.05, 3.63) is 97.6 Å². The highest BCUT2D eigenvalue weighted by molar-refractivity contribution is 5.37. The van der Waals surface area contributed by atoms with Crippen LogP contribution in [-0.2, 0) is 35.0 Å². The lowest BCUT2D eigenvalue weighted by Crippen LogP contribution is -2.63. The Morgan fingerprint density at radius 3 is 1.61 bits per heavy atom. The quantitative estimate of drug-likeness (QED) is 0.0641. The summed E-state index contributed by atoms with van der Waals surface area (Å²) < 4.78 is 119. The molecule has 0 bridgehead atoms. The molecule has 2 N–H and O–H groups in total. The molecule has 1 aliphatic rings. The van der Waals surface area contributed by atoms with Crippen molar-refractivity contribution in [2.45, 2.75) is 112 Å². The van der Waals surface area contributed by atoms with E-state index >= 15 is 0 Å². The summed E-state index contributed by atoms with van der Waals surface area (Å²) in [6.07, 6.45) is -17.2. The van der Waals surface area contributed by atoms with Gasteiger partial charge in [-0.2, -0.15) is 26.3 Å². The Hall–Kier alpha value is -3.62. The van der Waals surface area contributed by atoms with E-state index in [1.807, 2.05) is 51.1 Å². The van der Waals surface area contributed by atoms with Crippen molar-refractivity contribution >= 4 is 0 Å². The number of epoxide rings is 1. The van der Waals surface area contributed by atoms with Gasteiger partial charge in [-0.1, -0.05) is 112 Å². The van der Waals surface area contributed by atoms with Crippen LogP contribution in [0.3, 0.4) is 0 Å². The van der Waals surface area contributed by atoms with Crippen LogP contribution in [0.25, 0.3) is 0 Å². The van der Waals surface area contributed by atoms with Gasteiger partial charge in [-0.25, -0.2) is 0 Å². The molecule has 0 spiro atoms. The van der Waals surface area contributed by atoms with Gasteiger partial charge >= 0.3 is 12.4 Å². The first-order chi connectivity index (χ1) is 25.3. The number of alkyl halides is 6. The minimum Gasteiger partial charge on any atom is -0.501 e. The van der Waals surface area contributed by atoms with Gasteiger partial charge in [0.2, 0.25) is 0 Å². The zero-order valence-corrected chi connectivity index (χ0v) is 34.3. The van der Waals surface area contributed by atoms with Gasteiger partial charge in [-0.05, 0) is 19.4 Å². The van der Waals surface area contributed by atoms with Crippen LogP contribution in [0.15, 0.2) is 92.0 Å². The van der Waals surface area contributed by atoms with Crippen LogP contribution in [0.4, 0.5) is 26.3 Å². The largest absolute Gasteiger partial charge is 0.501 e. The minimum atomic E-state index is -6.08. The number of halogens is 6. The summed E-state index contributed by atoms with van der Waals surface area (Å²) >= 11 is 0. The fraction of sp³-hybridized carbons (Fsp3) is 0.619. The zero-order chi connectivity index (χ0) is 43.5. The number of hydrogen-bond donors (Lipinski definition) is 2. The maximum absolute atomic E-state index is 13.8. The van der Waals surface area contributed by atoms with Crippen molar-refractivity contribution in [1.82, 2.24) is 0 Å². The number of hydrogen-bond acceptors (Lipinski definition) is 8. The number of allylic oxidation sites excluding steroid dienone is 5. The van der Waals surface area contributed by atoms with Gasteiger partial charge in [0.1, 0.15) is 25.9 Å². The molecular formula is C42H60F6O8. The summed E-state index contributed by atoms with van der Waals surface area (Å²) in [5.41, 5.74) is -11.8. The van der Waals surface area contributed by atoms with Crippen LogP contribution >= 0.6 is 0 Å². The second-order valence-electron chi connectivity index (χ2n) is 16.1. The molecule has 0 aromatic heterocycles.